The highest BCUT2D eigenvalue weighted by Gasteiger charge is 2.35. The molecule has 5 nitrogen and oxygen atoms in total. The van der Waals surface area contributed by atoms with Crippen molar-refractivity contribution in [1.82, 2.24) is 10.2 Å². The quantitative estimate of drug-likeness (QED) is 0.301. The Bertz CT molecular complexity index is 347. The molecule has 1 fully saturated rings. The van der Waals surface area contributed by atoms with E-state index in [1.54, 1.807) is 0 Å². The average Bonchev–Trinajstić information content (AvgIpc) is 2.62. The molecule has 0 aromatic rings. The summed E-state index contributed by atoms with van der Waals surface area (Å²) in [6.07, 6.45) is 4.25. The second-order valence-electron chi connectivity index (χ2n) is 4.72. The largest absolute Gasteiger partial charge is 0.356 e. The summed E-state index contributed by atoms with van der Waals surface area (Å²) in [5, 5.41) is 2.83. The molecule has 3 amide bonds. The summed E-state index contributed by atoms with van der Waals surface area (Å²) < 4.78 is -0.190. The molecule has 1 saturated heterocycles. The van der Waals surface area contributed by atoms with Gasteiger partial charge >= 0.3 is 0 Å². The lowest BCUT2D eigenvalue weighted by Gasteiger charge is -2.13. The van der Waals surface area contributed by atoms with Crippen molar-refractivity contribution in [2.45, 2.75) is 49.4 Å². The Morgan fingerprint density at radius 3 is 2.68 bits per heavy atom. The van der Waals surface area contributed by atoms with E-state index in [2.05, 4.69) is 5.32 Å². The number of halogens is 1. The van der Waals surface area contributed by atoms with Crippen LogP contribution >= 0.6 is 22.6 Å². The van der Waals surface area contributed by atoms with E-state index in [1.165, 1.54) is 4.90 Å². The smallest absolute Gasteiger partial charge is 0.242 e. The van der Waals surface area contributed by atoms with Crippen LogP contribution in [0.25, 0.3) is 0 Å². The molecule has 0 aromatic carbocycles. The molecule has 1 unspecified atom stereocenters. The van der Waals surface area contributed by atoms with Gasteiger partial charge in [0.15, 0.2) is 0 Å². The number of carbonyl (C=O) groups excluding carboxylic acids is 3. The fourth-order valence-corrected chi connectivity index (χ4v) is 2.68. The predicted octanol–water partition coefficient (Wildman–Crippen LogP) is 1.64. The van der Waals surface area contributed by atoms with Crippen LogP contribution in [0.15, 0.2) is 0 Å². The van der Waals surface area contributed by atoms with E-state index in [9.17, 15) is 14.4 Å². The topological polar surface area (TPSA) is 66.5 Å². The zero-order chi connectivity index (χ0) is 14.3. The van der Waals surface area contributed by atoms with Crippen molar-refractivity contribution in [2.75, 3.05) is 13.1 Å². The number of carbonyl (C=O) groups is 3. The molecule has 1 rings (SSSR count). The van der Waals surface area contributed by atoms with Crippen LogP contribution in [-0.2, 0) is 14.4 Å². The maximum atomic E-state index is 11.6. The van der Waals surface area contributed by atoms with E-state index in [4.69, 9.17) is 0 Å². The van der Waals surface area contributed by atoms with Gasteiger partial charge in [-0.3, -0.25) is 19.3 Å². The van der Waals surface area contributed by atoms with Gasteiger partial charge in [-0.1, -0.05) is 35.9 Å². The number of nitrogens with one attached hydrogen (secondary N) is 1. The summed E-state index contributed by atoms with van der Waals surface area (Å²) in [6.45, 7) is 3.24. The van der Waals surface area contributed by atoms with E-state index >= 15 is 0 Å². The number of unbranched alkanes of at least 4 members (excludes halogenated alkanes) is 2. The SMILES string of the molecule is CCCNC(=O)CCCCCN1C(=O)CC(I)C1=O. The van der Waals surface area contributed by atoms with Crippen LogP contribution in [0, 0.1) is 0 Å². The zero-order valence-corrected chi connectivity index (χ0v) is 13.4. The Morgan fingerprint density at radius 1 is 1.37 bits per heavy atom. The summed E-state index contributed by atoms with van der Waals surface area (Å²) in [5.41, 5.74) is 0. The van der Waals surface area contributed by atoms with Gasteiger partial charge in [0.25, 0.3) is 0 Å². The Hall–Kier alpha value is -0.660. The van der Waals surface area contributed by atoms with Gasteiger partial charge in [-0.2, -0.15) is 0 Å². The molecule has 0 saturated carbocycles. The minimum atomic E-state index is -0.190. The highest BCUT2D eigenvalue weighted by atomic mass is 127. The minimum absolute atomic E-state index is 0.0636. The van der Waals surface area contributed by atoms with E-state index in [1.807, 2.05) is 29.5 Å². The first-order chi connectivity index (χ1) is 9.06. The Balaban J connectivity index is 2.09. The van der Waals surface area contributed by atoms with E-state index in [-0.39, 0.29) is 21.6 Å². The van der Waals surface area contributed by atoms with Crippen LogP contribution in [0.3, 0.4) is 0 Å². The van der Waals surface area contributed by atoms with E-state index < -0.39 is 0 Å². The molecule has 0 aromatic heterocycles. The lowest BCUT2D eigenvalue weighted by atomic mass is 10.2. The van der Waals surface area contributed by atoms with Gasteiger partial charge in [-0.05, 0) is 19.3 Å². The lowest BCUT2D eigenvalue weighted by Crippen LogP contribution is -2.31. The van der Waals surface area contributed by atoms with Crippen molar-refractivity contribution in [2.24, 2.45) is 0 Å². The van der Waals surface area contributed by atoms with Crippen LogP contribution < -0.4 is 5.32 Å². The third kappa shape index (κ3) is 5.46. The predicted molar refractivity (Wildman–Crippen MR) is 80.9 cm³/mol. The average molecular weight is 380 g/mol. The zero-order valence-electron chi connectivity index (χ0n) is 11.3. The molecule has 1 heterocycles. The fraction of sp³-hybridized carbons (Fsp3) is 0.769. The van der Waals surface area contributed by atoms with E-state index in [0.717, 1.165) is 32.2 Å². The molecule has 19 heavy (non-hydrogen) atoms. The molecule has 0 spiro atoms. The van der Waals surface area contributed by atoms with Crippen molar-refractivity contribution in [3.8, 4) is 0 Å². The monoisotopic (exact) mass is 380 g/mol. The molecule has 108 valence electrons. The Labute approximate surface area is 127 Å². The fourth-order valence-electron chi connectivity index (χ4n) is 1.96. The van der Waals surface area contributed by atoms with Crippen LogP contribution in [-0.4, -0.2) is 39.6 Å². The molecule has 0 bridgehead atoms. The number of hydrogen-bond donors (Lipinski definition) is 1. The van der Waals surface area contributed by atoms with Crippen LogP contribution in [0.5, 0.6) is 0 Å². The Kier molecular flexibility index (Phi) is 7.33. The van der Waals surface area contributed by atoms with Crippen molar-refractivity contribution < 1.29 is 14.4 Å². The van der Waals surface area contributed by atoms with Gasteiger partial charge in [0.1, 0.15) is 0 Å². The molecule has 1 N–H and O–H groups in total. The van der Waals surface area contributed by atoms with Gasteiger partial charge in [0.05, 0.1) is 3.92 Å². The molecule has 0 aliphatic carbocycles. The second kappa shape index (κ2) is 8.50. The summed E-state index contributed by atoms with van der Waals surface area (Å²) in [6, 6.07) is 0. The normalized spacial score (nSPS) is 19.1. The second-order valence-corrected chi connectivity index (χ2v) is 6.22. The summed E-state index contributed by atoms with van der Waals surface area (Å²) in [4.78, 5) is 35.9. The number of likely N-dealkylation sites (tertiary alicyclic amines) is 1. The molecule has 0 radical (unpaired) electrons. The third-order valence-electron chi connectivity index (χ3n) is 3.05. The first-order valence-corrected chi connectivity index (χ1v) is 8.05. The van der Waals surface area contributed by atoms with Crippen molar-refractivity contribution in [1.29, 1.82) is 0 Å². The maximum Gasteiger partial charge on any atom is 0.242 e. The van der Waals surface area contributed by atoms with Gasteiger partial charge < -0.3 is 5.32 Å². The minimum Gasteiger partial charge on any atom is -0.356 e. The first kappa shape index (κ1) is 16.4. The number of rotatable bonds is 8. The molecule has 1 aliphatic rings. The van der Waals surface area contributed by atoms with Gasteiger partial charge in [0.2, 0.25) is 17.7 Å². The number of alkyl halides is 1. The molecule has 1 aliphatic heterocycles. The number of hydrogen-bond acceptors (Lipinski definition) is 3. The Morgan fingerprint density at radius 2 is 2.11 bits per heavy atom. The standard InChI is InChI=1S/C13H21IN2O3/c1-2-7-15-11(17)6-4-3-5-8-16-12(18)9-10(14)13(16)19/h10H,2-9H2,1H3,(H,15,17). The summed E-state index contributed by atoms with van der Waals surface area (Å²) in [5.74, 6) is -0.0427. The summed E-state index contributed by atoms with van der Waals surface area (Å²) >= 11 is 2.01. The maximum absolute atomic E-state index is 11.6. The van der Waals surface area contributed by atoms with Crippen LogP contribution in [0.4, 0.5) is 0 Å². The van der Waals surface area contributed by atoms with Crippen molar-refractivity contribution >= 4 is 40.3 Å². The van der Waals surface area contributed by atoms with Crippen LogP contribution in [0.1, 0.15) is 45.4 Å². The molecule has 1 atom stereocenters. The van der Waals surface area contributed by atoms with Gasteiger partial charge in [-0.25, -0.2) is 0 Å². The van der Waals surface area contributed by atoms with E-state index in [0.29, 0.717) is 19.4 Å². The molecule has 6 heteroatoms. The first-order valence-electron chi connectivity index (χ1n) is 6.81. The lowest BCUT2D eigenvalue weighted by molar-refractivity contribution is -0.138. The number of imide groups is 1. The highest BCUT2D eigenvalue weighted by molar-refractivity contribution is 14.1. The summed E-state index contributed by atoms with van der Waals surface area (Å²) in [7, 11) is 0. The third-order valence-corrected chi connectivity index (χ3v) is 4.02. The number of amides is 3. The van der Waals surface area contributed by atoms with Crippen molar-refractivity contribution in [3.05, 3.63) is 0 Å². The van der Waals surface area contributed by atoms with Crippen LogP contribution in [0.2, 0.25) is 0 Å². The van der Waals surface area contributed by atoms with Gasteiger partial charge in [0, 0.05) is 25.9 Å². The number of nitrogens with zero attached hydrogens (tertiary/aromatic N) is 1. The molecular weight excluding hydrogens is 359 g/mol. The van der Waals surface area contributed by atoms with Crippen molar-refractivity contribution in [3.63, 3.8) is 0 Å². The van der Waals surface area contributed by atoms with Gasteiger partial charge in [-0.15, -0.1) is 0 Å². The highest BCUT2D eigenvalue weighted by Crippen LogP contribution is 2.20. The molecular formula is C13H21IN2O3.